The van der Waals surface area contributed by atoms with E-state index in [1.54, 1.807) is 12.4 Å². The van der Waals surface area contributed by atoms with Gasteiger partial charge in [-0.2, -0.15) is 0 Å². The molecule has 1 rings (SSSR count). The third-order valence-electron chi connectivity index (χ3n) is 2.89. The summed E-state index contributed by atoms with van der Waals surface area (Å²) in [4.78, 5) is 18.1. The molecule has 0 unspecified atom stereocenters. The van der Waals surface area contributed by atoms with Crippen molar-refractivity contribution in [3.63, 3.8) is 0 Å². The second-order valence-electron chi connectivity index (χ2n) is 5.10. The van der Waals surface area contributed by atoms with E-state index in [-0.39, 0.29) is 18.0 Å². The Balaban J connectivity index is 2.71. The molecule has 0 aromatic carbocycles. The first kappa shape index (κ1) is 14.6. The van der Waals surface area contributed by atoms with Crippen molar-refractivity contribution in [2.24, 2.45) is 5.73 Å². The van der Waals surface area contributed by atoms with Gasteiger partial charge in [0.2, 0.25) is 5.91 Å². The molecule has 0 radical (unpaired) electrons. The number of carbonyl (C=O) groups excluding carboxylic acids is 1. The van der Waals surface area contributed by atoms with Crippen molar-refractivity contribution < 1.29 is 4.79 Å². The topological polar surface area (TPSA) is 59.2 Å². The van der Waals surface area contributed by atoms with Gasteiger partial charge in [0.1, 0.15) is 0 Å². The number of aromatic nitrogens is 1. The third-order valence-corrected chi connectivity index (χ3v) is 2.89. The molecule has 4 heteroatoms. The Hall–Kier alpha value is -1.42. The Morgan fingerprint density at radius 2 is 1.72 bits per heavy atom. The van der Waals surface area contributed by atoms with Gasteiger partial charge in [-0.3, -0.25) is 9.78 Å². The molecule has 0 spiro atoms. The molecule has 1 aromatic heterocycles. The monoisotopic (exact) mass is 249 g/mol. The number of hydrogen-bond acceptors (Lipinski definition) is 3. The van der Waals surface area contributed by atoms with Crippen molar-refractivity contribution in [2.75, 3.05) is 0 Å². The zero-order valence-electron chi connectivity index (χ0n) is 11.6. The smallest absolute Gasteiger partial charge is 0.240 e. The second-order valence-corrected chi connectivity index (χ2v) is 5.10. The summed E-state index contributed by atoms with van der Waals surface area (Å²) in [6.07, 6.45) is 3.99. The van der Waals surface area contributed by atoms with Crippen molar-refractivity contribution in [2.45, 2.75) is 52.2 Å². The van der Waals surface area contributed by atoms with E-state index in [2.05, 4.69) is 4.98 Å². The Morgan fingerprint density at radius 1 is 1.22 bits per heavy atom. The van der Waals surface area contributed by atoms with E-state index >= 15 is 0 Å². The molecule has 4 nitrogen and oxygen atoms in total. The van der Waals surface area contributed by atoms with Gasteiger partial charge in [0, 0.05) is 24.5 Å². The summed E-state index contributed by atoms with van der Waals surface area (Å²) < 4.78 is 0. The van der Waals surface area contributed by atoms with Crippen LogP contribution in [0.25, 0.3) is 0 Å². The summed E-state index contributed by atoms with van der Waals surface area (Å²) in [7, 11) is 0. The number of pyridine rings is 1. The van der Waals surface area contributed by atoms with Gasteiger partial charge in [0.05, 0.1) is 6.04 Å². The molecule has 0 aliphatic carbocycles. The molecule has 1 heterocycles. The van der Waals surface area contributed by atoms with Crippen LogP contribution in [0.1, 0.15) is 33.3 Å². The molecule has 1 amide bonds. The van der Waals surface area contributed by atoms with Crippen molar-refractivity contribution in [1.29, 1.82) is 0 Å². The molecule has 1 aromatic rings. The van der Waals surface area contributed by atoms with Gasteiger partial charge in [0.25, 0.3) is 0 Å². The van der Waals surface area contributed by atoms with E-state index < -0.39 is 6.04 Å². The predicted octanol–water partition coefficient (Wildman–Crippen LogP) is 1.60. The molecule has 100 valence electrons. The van der Waals surface area contributed by atoms with Crippen LogP contribution in [0.3, 0.4) is 0 Å². The Labute approximate surface area is 109 Å². The Morgan fingerprint density at radius 3 is 2.17 bits per heavy atom. The van der Waals surface area contributed by atoms with Gasteiger partial charge in [-0.15, -0.1) is 0 Å². The molecule has 0 aliphatic rings. The number of nitrogens with zero attached hydrogens (tertiary/aromatic N) is 2. The van der Waals surface area contributed by atoms with Crippen molar-refractivity contribution in [3.05, 3.63) is 30.1 Å². The highest BCUT2D eigenvalue weighted by atomic mass is 16.2. The highest BCUT2D eigenvalue weighted by molar-refractivity contribution is 5.82. The fourth-order valence-electron chi connectivity index (χ4n) is 2.16. The highest BCUT2D eigenvalue weighted by Crippen LogP contribution is 2.09. The van der Waals surface area contributed by atoms with Gasteiger partial charge in [-0.25, -0.2) is 0 Å². The number of amides is 1. The van der Waals surface area contributed by atoms with E-state index in [1.165, 1.54) is 0 Å². The van der Waals surface area contributed by atoms with Crippen LogP contribution in [-0.2, 0) is 11.2 Å². The zero-order chi connectivity index (χ0) is 13.7. The summed E-state index contributed by atoms with van der Waals surface area (Å²) in [5, 5.41) is 0. The lowest BCUT2D eigenvalue weighted by molar-refractivity contribution is -0.136. The molecular weight excluding hydrogens is 226 g/mol. The summed E-state index contributed by atoms with van der Waals surface area (Å²) in [5.74, 6) is 0.0109. The molecule has 1 atom stereocenters. The van der Waals surface area contributed by atoms with Crippen molar-refractivity contribution in [1.82, 2.24) is 9.88 Å². The van der Waals surface area contributed by atoms with Gasteiger partial charge < -0.3 is 10.6 Å². The van der Waals surface area contributed by atoms with Crippen LogP contribution in [0.2, 0.25) is 0 Å². The summed E-state index contributed by atoms with van der Waals surface area (Å²) in [5.41, 5.74) is 7.05. The normalized spacial score (nSPS) is 12.8. The average Bonchev–Trinajstić information content (AvgIpc) is 2.29. The van der Waals surface area contributed by atoms with Gasteiger partial charge >= 0.3 is 0 Å². The first-order valence-corrected chi connectivity index (χ1v) is 6.40. The van der Waals surface area contributed by atoms with Crippen molar-refractivity contribution >= 4 is 5.91 Å². The van der Waals surface area contributed by atoms with Crippen molar-refractivity contribution in [3.8, 4) is 0 Å². The Kier molecular flexibility index (Phi) is 5.28. The van der Waals surface area contributed by atoms with Crippen LogP contribution in [0.4, 0.5) is 0 Å². The van der Waals surface area contributed by atoms with Crippen LogP contribution >= 0.6 is 0 Å². The molecule has 0 fully saturated rings. The third kappa shape index (κ3) is 3.81. The van der Waals surface area contributed by atoms with Gasteiger partial charge in [-0.1, -0.05) is 0 Å². The lowest BCUT2D eigenvalue weighted by atomic mass is 10.1. The van der Waals surface area contributed by atoms with E-state index in [0.29, 0.717) is 6.42 Å². The number of hydrogen-bond donors (Lipinski definition) is 1. The lowest BCUT2D eigenvalue weighted by Crippen LogP contribution is -2.50. The van der Waals surface area contributed by atoms with Crippen LogP contribution in [0.5, 0.6) is 0 Å². The highest BCUT2D eigenvalue weighted by Gasteiger charge is 2.25. The molecule has 0 bridgehead atoms. The molecule has 18 heavy (non-hydrogen) atoms. The quantitative estimate of drug-likeness (QED) is 0.862. The van der Waals surface area contributed by atoms with E-state index in [0.717, 1.165) is 5.56 Å². The molecule has 0 saturated heterocycles. The Bertz CT molecular complexity index is 368. The van der Waals surface area contributed by atoms with Crippen LogP contribution < -0.4 is 5.73 Å². The number of carbonyl (C=O) groups is 1. The van der Waals surface area contributed by atoms with Crippen LogP contribution in [0, 0.1) is 0 Å². The first-order valence-electron chi connectivity index (χ1n) is 6.40. The number of nitrogens with two attached hydrogens (primary N) is 1. The van der Waals surface area contributed by atoms with Gasteiger partial charge in [-0.05, 0) is 51.8 Å². The zero-order valence-corrected chi connectivity index (χ0v) is 11.6. The van der Waals surface area contributed by atoms with E-state index in [9.17, 15) is 4.79 Å². The standard InChI is InChI=1S/C14H23N3O/c1-10(2)17(11(3)4)14(18)13(15)9-12-5-7-16-8-6-12/h5-8,10-11,13H,9,15H2,1-4H3/t13-/m1/s1. The van der Waals surface area contributed by atoms with Crippen LogP contribution in [0.15, 0.2) is 24.5 Å². The predicted molar refractivity (Wildman–Crippen MR) is 73.0 cm³/mol. The maximum atomic E-state index is 12.3. The minimum atomic E-state index is -0.489. The summed E-state index contributed by atoms with van der Waals surface area (Å²) >= 11 is 0. The van der Waals surface area contributed by atoms with Gasteiger partial charge in [0.15, 0.2) is 0 Å². The maximum absolute atomic E-state index is 12.3. The van der Waals surface area contributed by atoms with E-state index in [4.69, 9.17) is 5.73 Å². The molecule has 0 saturated carbocycles. The molecule has 0 aliphatic heterocycles. The fourth-order valence-corrected chi connectivity index (χ4v) is 2.16. The minimum Gasteiger partial charge on any atom is -0.336 e. The second kappa shape index (κ2) is 6.50. The number of rotatable bonds is 5. The SMILES string of the molecule is CC(C)N(C(=O)[C@H](N)Cc1ccncc1)C(C)C. The van der Waals surface area contributed by atoms with E-state index in [1.807, 2.05) is 44.7 Å². The first-order chi connectivity index (χ1) is 8.43. The van der Waals surface area contributed by atoms with Crippen LogP contribution in [-0.4, -0.2) is 33.9 Å². The average molecular weight is 249 g/mol. The molecular formula is C14H23N3O. The lowest BCUT2D eigenvalue weighted by Gasteiger charge is -2.33. The molecule has 2 N–H and O–H groups in total. The maximum Gasteiger partial charge on any atom is 0.240 e. The largest absolute Gasteiger partial charge is 0.336 e. The minimum absolute atomic E-state index is 0.0109. The fraction of sp³-hybridized carbons (Fsp3) is 0.571. The summed E-state index contributed by atoms with van der Waals surface area (Å²) in [6.45, 7) is 8.04. The summed E-state index contributed by atoms with van der Waals surface area (Å²) in [6, 6.07) is 3.63.